The van der Waals surface area contributed by atoms with E-state index >= 15 is 0 Å². The van der Waals surface area contributed by atoms with Gasteiger partial charge in [0.25, 0.3) is 5.69 Å². The van der Waals surface area contributed by atoms with Gasteiger partial charge in [-0.3, -0.25) is 10.1 Å². The second kappa shape index (κ2) is 7.16. The third-order valence-corrected chi connectivity index (χ3v) is 6.85. The van der Waals surface area contributed by atoms with Crippen LogP contribution in [0.5, 0.6) is 0 Å². The fraction of sp³-hybridized carbons (Fsp3) is 0.600. The van der Waals surface area contributed by atoms with Gasteiger partial charge >= 0.3 is 0 Å². The number of benzene rings is 1. The maximum absolute atomic E-state index is 13.1. The van der Waals surface area contributed by atoms with E-state index in [1.54, 1.807) is 0 Å². The van der Waals surface area contributed by atoms with Gasteiger partial charge in [-0.15, -0.1) is 0 Å². The Bertz CT molecular complexity index is 778. The maximum Gasteiger partial charge on any atom is 0.275 e. The molecule has 0 unspecified atom stereocenters. The van der Waals surface area contributed by atoms with Crippen LogP contribution in [0.1, 0.15) is 24.8 Å². The summed E-state index contributed by atoms with van der Waals surface area (Å²) in [5.41, 5.74) is -0.0729. The Kier molecular flexibility index (Phi) is 5.31. The molecule has 0 amide bonds. The second-order valence-corrected chi connectivity index (χ2v) is 8.39. The highest BCUT2D eigenvalue weighted by molar-refractivity contribution is 7.89. The number of nitro benzene ring substituents is 1. The van der Waals surface area contributed by atoms with Crippen LogP contribution in [0.15, 0.2) is 17.0 Å². The van der Waals surface area contributed by atoms with Crippen LogP contribution in [-0.2, 0) is 19.5 Å². The first kappa shape index (κ1) is 18.5. The fourth-order valence-electron chi connectivity index (χ4n) is 3.21. The molecule has 0 radical (unpaired) electrons. The Balaban J connectivity index is 2.01. The Morgan fingerprint density at radius 1 is 1.28 bits per heavy atom. The molecule has 2 aliphatic rings. The maximum atomic E-state index is 13.1. The summed E-state index contributed by atoms with van der Waals surface area (Å²) in [4.78, 5) is 10.4. The summed E-state index contributed by atoms with van der Waals surface area (Å²) in [6.07, 6.45) is 1.59. The molecule has 1 aromatic rings. The van der Waals surface area contributed by atoms with E-state index in [-0.39, 0.29) is 21.2 Å². The summed E-state index contributed by atoms with van der Waals surface area (Å²) >= 11 is 6.03. The average Bonchev–Trinajstić information content (AvgIpc) is 3.11. The molecular formula is C15H19ClN2O6S. The Labute approximate surface area is 150 Å². The van der Waals surface area contributed by atoms with Gasteiger partial charge in [-0.2, -0.15) is 4.31 Å². The van der Waals surface area contributed by atoms with Crippen molar-refractivity contribution in [2.75, 3.05) is 19.8 Å². The molecule has 1 aromatic carbocycles. The van der Waals surface area contributed by atoms with E-state index in [0.29, 0.717) is 32.6 Å². The number of halogens is 1. The highest BCUT2D eigenvalue weighted by atomic mass is 35.5. The predicted octanol–water partition coefficient (Wildman–Crippen LogP) is 2.47. The molecule has 2 heterocycles. The lowest BCUT2D eigenvalue weighted by atomic mass is 10.0. The molecule has 0 saturated carbocycles. The lowest BCUT2D eigenvalue weighted by Crippen LogP contribution is -2.50. The van der Waals surface area contributed by atoms with E-state index < -0.39 is 27.3 Å². The number of sulfonamides is 1. The van der Waals surface area contributed by atoms with E-state index in [1.807, 2.05) is 0 Å². The monoisotopic (exact) mass is 390 g/mol. The molecule has 0 spiro atoms. The van der Waals surface area contributed by atoms with Crippen LogP contribution in [0.2, 0.25) is 5.02 Å². The van der Waals surface area contributed by atoms with Crippen molar-refractivity contribution >= 4 is 27.3 Å². The van der Waals surface area contributed by atoms with Crippen LogP contribution >= 0.6 is 11.6 Å². The third kappa shape index (κ3) is 3.52. The van der Waals surface area contributed by atoms with Crippen LogP contribution < -0.4 is 0 Å². The number of piperidine rings is 1. The van der Waals surface area contributed by atoms with Crippen molar-refractivity contribution in [3.05, 3.63) is 32.8 Å². The minimum atomic E-state index is -3.96. The molecule has 0 N–H and O–H groups in total. The minimum Gasteiger partial charge on any atom is -0.349 e. The van der Waals surface area contributed by atoms with Crippen molar-refractivity contribution in [1.82, 2.24) is 4.31 Å². The van der Waals surface area contributed by atoms with Crippen LogP contribution in [0.3, 0.4) is 0 Å². The lowest BCUT2D eigenvalue weighted by molar-refractivity contribution is -0.385. The van der Waals surface area contributed by atoms with E-state index in [0.717, 1.165) is 12.5 Å². The summed E-state index contributed by atoms with van der Waals surface area (Å²) in [6, 6.07) is 1.89. The molecule has 10 heteroatoms. The first-order valence-corrected chi connectivity index (χ1v) is 9.84. The molecule has 138 valence electrons. The standard InChI is InChI=1S/C15H19ClN2O6S/c1-10-12(16)8-11(9-14(10)18(19)20)25(21,22)17-5-3-2-4-13(17)15-23-6-7-24-15/h8-9,13,15H,2-7H2,1H3/t13-/m0/s1. The summed E-state index contributed by atoms with van der Waals surface area (Å²) in [5.74, 6) is 0. The summed E-state index contributed by atoms with van der Waals surface area (Å²) in [6.45, 7) is 2.66. The van der Waals surface area contributed by atoms with Crippen LogP contribution in [-0.4, -0.2) is 49.7 Å². The van der Waals surface area contributed by atoms with Crippen molar-refractivity contribution in [3.63, 3.8) is 0 Å². The number of nitro groups is 1. The van der Waals surface area contributed by atoms with Crippen molar-refractivity contribution < 1.29 is 22.8 Å². The molecule has 0 aromatic heterocycles. The molecular weight excluding hydrogens is 372 g/mol. The lowest BCUT2D eigenvalue weighted by Gasteiger charge is -2.36. The summed E-state index contributed by atoms with van der Waals surface area (Å²) in [5, 5.41) is 11.3. The number of hydrogen-bond donors (Lipinski definition) is 0. The summed E-state index contributed by atoms with van der Waals surface area (Å²) in [7, 11) is -3.96. The molecule has 0 bridgehead atoms. The van der Waals surface area contributed by atoms with Crippen molar-refractivity contribution in [2.24, 2.45) is 0 Å². The predicted molar refractivity (Wildman–Crippen MR) is 90.1 cm³/mol. The normalized spacial score (nSPS) is 23.0. The number of hydrogen-bond acceptors (Lipinski definition) is 6. The quantitative estimate of drug-likeness (QED) is 0.578. The SMILES string of the molecule is Cc1c(Cl)cc(S(=O)(=O)N2CCCC[C@H]2C2OCCO2)cc1[N+](=O)[O-]. The smallest absolute Gasteiger partial charge is 0.275 e. The first-order chi connectivity index (χ1) is 11.8. The summed E-state index contributed by atoms with van der Waals surface area (Å²) < 4.78 is 38.6. The van der Waals surface area contributed by atoms with Gasteiger partial charge in [0.05, 0.1) is 34.1 Å². The second-order valence-electron chi connectivity index (χ2n) is 6.10. The van der Waals surface area contributed by atoms with Crippen molar-refractivity contribution in [3.8, 4) is 0 Å². The van der Waals surface area contributed by atoms with Gasteiger partial charge in [0.15, 0.2) is 6.29 Å². The first-order valence-electron chi connectivity index (χ1n) is 8.02. The highest BCUT2D eigenvalue weighted by Crippen LogP contribution is 2.34. The Morgan fingerprint density at radius 3 is 2.60 bits per heavy atom. The zero-order valence-electron chi connectivity index (χ0n) is 13.7. The zero-order chi connectivity index (χ0) is 18.2. The molecule has 2 fully saturated rings. The molecule has 8 nitrogen and oxygen atoms in total. The van der Waals surface area contributed by atoms with Gasteiger partial charge in [-0.05, 0) is 25.8 Å². The largest absolute Gasteiger partial charge is 0.349 e. The topological polar surface area (TPSA) is 99.0 Å². The highest BCUT2D eigenvalue weighted by Gasteiger charge is 2.41. The average molecular weight is 391 g/mol. The van der Waals surface area contributed by atoms with Crippen molar-refractivity contribution in [2.45, 2.75) is 43.4 Å². The zero-order valence-corrected chi connectivity index (χ0v) is 15.3. The van der Waals surface area contributed by atoms with Gasteiger partial charge < -0.3 is 9.47 Å². The van der Waals surface area contributed by atoms with Gasteiger partial charge in [-0.1, -0.05) is 18.0 Å². The molecule has 2 saturated heterocycles. The molecule has 3 rings (SSSR count). The van der Waals surface area contributed by atoms with E-state index in [4.69, 9.17) is 21.1 Å². The van der Waals surface area contributed by atoms with E-state index in [9.17, 15) is 18.5 Å². The number of rotatable bonds is 4. The number of nitrogens with zero attached hydrogens (tertiary/aromatic N) is 2. The third-order valence-electron chi connectivity index (χ3n) is 4.55. The molecule has 1 atom stereocenters. The molecule has 25 heavy (non-hydrogen) atoms. The Morgan fingerprint density at radius 2 is 1.96 bits per heavy atom. The van der Waals surface area contributed by atoms with Crippen molar-refractivity contribution in [1.29, 1.82) is 0 Å². The fourth-order valence-corrected chi connectivity index (χ4v) is 5.22. The van der Waals surface area contributed by atoms with Gasteiger partial charge in [-0.25, -0.2) is 8.42 Å². The Hall–Kier alpha value is -1.26. The molecule has 2 aliphatic heterocycles. The van der Waals surface area contributed by atoms with Crippen LogP contribution in [0.25, 0.3) is 0 Å². The van der Waals surface area contributed by atoms with Gasteiger partial charge in [0.1, 0.15) is 0 Å². The van der Waals surface area contributed by atoms with Crippen LogP contribution in [0.4, 0.5) is 5.69 Å². The van der Waals surface area contributed by atoms with E-state index in [1.165, 1.54) is 17.3 Å². The van der Waals surface area contributed by atoms with Gasteiger partial charge in [0.2, 0.25) is 10.0 Å². The van der Waals surface area contributed by atoms with E-state index in [2.05, 4.69) is 0 Å². The number of ether oxygens (including phenoxy) is 2. The molecule has 0 aliphatic carbocycles. The minimum absolute atomic E-state index is 0.0506. The van der Waals surface area contributed by atoms with Crippen LogP contribution in [0, 0.1) is 17.0 Å². The van der Waals surface area contributed by atoms with Gasteiger partial charge in [0, 0.05) is 18.2 Å².